The van der Waals surface area contributed by atoms with Crippen molar-refractivity contribution in [2.75, 3.05) is 0 Å². The van der Waals surface area contributed by atoms with Crippen molar-refractivity contribution in [3.8, 4) is 50.6 Å². The molecule has 54 heavy (non-hydrogen) atoms. The van der Waals surface area contributed by atoms with Crippen molar-refractivity contribution in [2.45, 2.75) is 84.7 Å². The Hall–Kier alpha value is -4.33. The summed E-state index contributed by atoms with van der Waals surface area (Å²) in [6.07, 6.45) is -1.66. The summed E-state index contributed by atoms with van der Waals surface area (Å²) in [5, 5.41) is 12.0. The number of hydrogen-bond acceptors (Lipinski definition) is 5. The molecule has 0 radical (unpaired) electrons. The van der Waals surface area contributed by atoms with Crippen molar-refractivity contribution < 1.29 is 39.3 Å². The van der Waals surface area contributed by atoms with Crippen LogP contribution in [0.15, 0.2) is 85.3 Å². The van der Waals surface area contributed by atoms with Crippen molar-refractivity contribution >= 4 is 26.4 Å². The minimum Gasteiger partial charge on any atom is -0.507 e. The Balaban J connectivity index is 0.00000497. The first-order chi connectivity index (χ1) is 24.7. The van der Waals surface area contributed by atoms with Crippen LogP contribution in [0.25, 0.3) is 59.9 Å². The zero-order valence-electron chi connectivity index (χ0n) is 31.7. The van der Waals surface area contributed by atoms with Crippen LogP contribution in [0.5, 0.6) is 5.75 Å². The van der Waals surface area contributed by atoms with E-state index in [2.05, 4.69) is 70.8 Å². The number of aromatic hydroxyl groups is 1. The zero-order valence-corrected chi connectivity index (χ0v) is 34.8. The predicted octanol–water partition coefficient (Wildman–Crippen LogP) is 12.4. The summed E-state index contributed by atoms with van der Waals surface area (Å²) in [5.74, 6) is 0.0435. The van der Waals surface area contributed by atoms with Crippen LogP contribution < -0.4 is 0 Å². The largest absolute Gasteiger partial charge is 0.507 e. The molecule has 3 aromatic carbocycles. The molecule has 0 bridgehead atoms. The first-order valence-corrected chi connectivity index (χ1v) is 18.4. The van der Waals surface area contributed by atoms with Gasteiger partial charge in [-0.15, -0.1) is 35.1 Å². The average molecular weight is 927 g/mol. The Morgan fingerprint density at radius 3 is 1.94 bits per heavy atom. The predicted molar refractivity (Wildman–Crippen MR) is 210 cm³/mol. The smallest absolute Gasteiger partial charge is 0.436 e. The van der Waals surface area contributed by atoms with E-state index in [0.717, 1.165) is 50.4 Å². The van der Waals surface area contributed by atoms with E-state index in [-0.39, 0.29) is 42.5 Å². The molecule has 0 saturated heterocycles. The summed E-state index contributed by atoms with van der Waals surface area (Å²) in [7, 11) is 0. The van der Waals surface area contributed by atoms with Gasteiger partial charge in [0.1, 0.15) is 16.9 Å². The number of alkyl halides is 3. The molecule has 7 aromatic rings. The van der Waals surface area contributed by atoms with Crippen LogP contribution in [-0.2, 0) is 43.5 Å². The van der Waals surface area contributed by atoms with Crippen LogP contribution in [0.3, 0.4) is 0 Å². The van der Waals surface area contributed by atoms with Gasteiger partial charge in [0.15, 0.2) is 5.69 Å². The van der Waals surface area contributed by atoms with Crippen molar-refractivity contribution in [2.24, 2.45) is 0 Å². The minimum atomic E-state index is -4.65. The van der Waals surface area contributed by atoms with Gasteiger partial charge in [0, 0.05) is 49.8 Å². The van der Waals surface area contributed by atoms with Gasteiger partial charge in [0.2, 0.25) is 0 Å². The Morgan fingerprint density at radius 1 is 0.704 bits per heavy atom. The van der Waals surface area contributed by atoms with E-state index < -0.39 is 17.3 Å². The summed E-state index contributed by atoms with van der Waals surface area (Å²) >= 11 is 1.01. The van der Waals surface area contributed by atoms with E-state index in [4.69, 9.17) is 9.97 Å². The molecule has 0 aliphatic rings. The molecule has 5 nitrogen and oxygen atoms in total. The van der Waals surface area contributed by atoms with Crippen LogP contribution >= 0.6 is 11.3 Å². The standard InChI is InChI=1S/C44H42F3N4OS.Pt/c1-41(2,3)29-18-27(33-20-26(15-16-48-33)25-13-11-10-12-14-25)17-28(19-29)34-23-35-37(51-24-49-39(40(51)53-35)44(45,46)47)36(50-34)31-21-30(42(4,5)6)22-32(38(31)52)43(7,8)9;/h10-16,18-24,52H,1-9H3;/q-1;. The number of pyridine rings is 2. The number of phenols is 1. The molecule has 282 valence electrons. The molecule has 0 aliphatic carbocycles. The van der Waals surface area contributed by atoms with Crippen LogP contribution in [0.2, 0.25) is 0 Å². The van der Waals surface area contributed by atoms with E-state index in [0.29, 0.717) is 32.7 Å². The fourth-order valence-electron chi connectivity index (χ4n) is 6.53. The first-order valence-electron chi connectivity index (χ1n) is 17.6. The molecular formula is C44H42F3N4OPtS-. The van der Waals surface area contributed by atoms with E-state index in [1.54, 1.807) is 6.20 Å². The number of imidazole rings is 1. The molecular weight excluding hydrogens is 885 g/mol. The summed E-state index contributed by atoms with van der Waals surface area (Å²) in [6.45, 7) is 18.8. The number of fused-ring (bicyclic) bond motifs is 3. The number of aromatic nitrogens is 4. The SMILES string of the molecule is CC(C)(C)c1cc(-c2cc(-c3ccccc3)ccn2)[c-]c(-c2cc3sc4c(C(F)(F)F)ncn4c3c(-c3cc(C(C)(C)C)cc(C(C)(C)C)c3O)n2)c1.[Pt]. The molecule has 0 aliphatic heterocycles. The maximum absolute atomic E-state index is 14.2. The summed E-state index contributed by atoms with van der Waals surface area (Å²) in [4.78, 5) is 13.7. The molecule has 0 spiro atoms. The Bertz CT molecular complexity index is 2520. The molecule has 0 atom stereocenters. The van der Waals surface area contributed by atoms with Gasteiger partial charge in [-0.3, -0.25) is 14.4 Å². The summed E-state index contributed by atoms with van der Waals surface area (Å²) in [6, 6.07) is 27.6. The van der Waals surface area contributed by atoms with Crippen LogP contribution in [0.1, 0.15) is 84.7 Å². The molecule has 0 saturated carbocycles. The van der Waals surface area contributed by atoms with Gasteiger partial charge < -0.3 is 5.11 Å². The zero-order chi connectivity index (χ0) is 38.2. The topological polar surface area (TPSA) is 63.3 Å². The summed E-state index contributed by atoms with van der Waals surface area (Å²) < 4.78 is 44.8. The van der Waals surface area contributed by atoms with Crippen molar-refractivity contribution in [3.05, 3.63) is 114 Å². The second kappa shape index (κ2) is 13.8. The fraction of sp³-hybridized carbons (Fsp3) is 0.295. The third kappa shape index (κ3) is 7.37. The van der Waals surface area contributed by atoms with E-state index in [1.165, 1.54) is 10.7 Å². The van der Waals surface area contributed by atoms with Gasteiger partial charge in [-0.1, -0.05) is 122 Å². The van der Waals surface area contributed by atoms with Crippen LogP contribution in [0.4, 0.5) is 13.2 Å². The molecule has 7 rings (SSSR count). The number of thiazole rings is 1. The third-order valence-corrected chi connectivity index (χ3v) is 10.7. The molecule has 4 heterocycles. The maximum Gasteiger partial charge on any atom is 0.436 e. The second-order valence-corrected chi connectivity index (χ2v) is 17.8. The number of halogens is 3. The molecule has 0 amide bonds. The first kappa shape index (κ1) is 39.4. The average Bonchev–Trinajstić information content (AvgIpc) is 3.66. The van der Waals surface area contributed by atoms with Gasteiger partial charge in [-0.25, -0.2) is 4.98 Å². The van der Waals surface area contributed by atoms with Crippen molar-refractivity contribution in [3.63, 3.8) is 0 Å². The maximum atomic E-state index is 14.2. The monoisotopic (exact) mass is 926 g/mol. The van der Waals surface area contributed by atoms with Crippen LogP contribution in [-0.4, -0.2) is 24.5 Å². The number of phenolic OH excluding ortho intramolecular Hbond substituents is 1. The Labute approximate surface area is 332 Å². The summed E-state index contributed by atoms with van der Waals surface area (Å²) in [5.41, 5.74) is 6.77. The normalized spacial score (nSPS) is 12.7. The van der Waals surface area contributed by atoms with Crippen molar-refractivity contribution in [1.82, 2.24) is 19.4 Å². The van der Waals surface area contributed by atoms with Gasteiger partial charge in [-0.05, 0) is 45.1 Å². The van der Waals surface area contributed by atoms with Gasteiger partial charge in [0.25, 0.3) is 0 Å². The molecule has 0 unspecified atom stereocenters. The van der Waals surface area contributed by atoms with E-state index >= 15 is 0 Å². The number of hydrogen-bond donors (Lipinski definition) is 1. The molecule has 4 aromatic heterocycles. The third-order valence-electron chi connectivity index (χ3n) is 9.59. The molecule has 10 heteroatoms. The quantitative estimate of drug-likeness (QED) is 0.179. The Kier molecular flexibility index (Phi) is 10.0. The van der Waals surface area contributed by atoms with Gasteiger partial charge in [-0.2, -0.15) is 13.2 Å². The molecule has 0 fully saturated rings. The van der Waals surface area contributed by atoms with Gasteiger partial charge >= 0.3 is 6.18 Å². The van der Waals surface area contributed by atoms with E-state index in [1.807, 2.05) is 75.4 Å². The Morgan fingerprint density at radius 2 is 1.33 bits per heavy atom. The second-order valence-electron chi connectivity index (χ2n) is 16.7. The minimum absolute atomic E-state index is 0. The van der Waals surface area contributed by atoms with Gasteiger partial charge in [0.05, 0.1) is 15.9 Å². The number of rotatable bonds is 4. The number of benzene rings is 3. The van der Waals surface area contributed by atoms with E-state index in [9.17, 15) is 18.3 Å². The van der Waals surface area contributed by atoms with Crippen LogP contribution in [0, 0.1) is 6.07 Å². The van der Waals surface area contributed by atoms with Crippen molar-refractivity contribution in [1.29, 1.82) is 0 Å². The number of nitrogens with zero attached hydrogens (tertiary/aromatic N) is 4. The molecule has 1 N–H and O–H groups in total. The fourth-order valence-corrected chi connectivity index (χ4v) is 7.70.